The number of nitrogens with one attached hydrogen (secondary N) is 4. The number of rotatable bonds is 12. The number of carbonyl (C=O) groups excluding carboxylic acids is 2. The Morgan fingerprint density at radius 1 is 1.05 bits per heavy atom. The van der Waals surface area contributed by atoms with E-state index in [0.29, 0.717) is 18.2 Å². The molecule has 0 bridgehead atoms. The number of pyridine rings is 1. The molecule has 2 amide bonds. The summed E-state index contributed by atoms with van der Waals surface area (Å²) in [6, 6.07) is 14.8. The molecule has 4 rings (SSSR count). The standard InChI is InChI=1S/C28H34FN7O3/c1-19-33-25(31-17-23-13-7-8-14-30-23)24(29)26(34-19)35-36-27(37)22(15-20-9-5-6-10-20)16-32-28(38)39-18-21-11-3-2-4-12-21/h2-4,7-8,11-14,20,22H,5-6,9-10,15-18H2,1H3,(H,32,38)(H,36,37)(H2,31,33,34,35)/t22-/m1/s1. The zero-order chi connectivity index (χ0) is 27.5. The summed E-state index contributed by atoms with van der Waals surface area (Å²) in [7, 11) is 0. The third-order valence-electron chi connectivity index (χ3n) is 6.60. The molecule has 2 heterocycles. The van der Waals surface area contributed by atoms with Crippen LogP contribution in [-0.2, 0) is 22.7 Å². The lowest BCUT2D eigenvalue weighted by molar-refractivity contribution is -0.124. The van der Waals surface area contributed by atoms with Gasteiger partial charge in [-0.2, -0.15) is 4.39 Å². The summed E-state index contributed by atoms with van der Waals surface area (Å²) in [5.41, 5.74) is 6.77. The molecule has 1 atom stereocenters. The van der Waals surface area contributed by atoms with E-state index < -0.39 is 17.8 Å². The molecule has 1 saturated carbocycles. The Morgan fingerprint density at radius 3 is 2.54 bits per heavy atom. The number of hydrogen-bond donors (Lipinski definition) is 4. The predicted octanol–water partition coefficient (Wildman–Crippen LogP) is 4.50. The lowest BCUT2D eigenvalue weighted by Gasteiger charge is -2.21. The van der Waals surface area contributed by atoms with E-state index in [1.807, 2.05) is 42.5 Å². The number of nitrogens with zero attached hydrogens (tertiary/aromatic N) is 3. The van der Waals surface area contributed by atoms with Crippen molar-refractivity contribution in [2.45, 2.75) is 52.2 Å². The minimum Gasteiger partial charge on any atom is -0.445 e. The van der Waals surface area contributed by atoms with Crippen molar-refractivity contribution in [2.24, 2.45) is 11.8 Å². The molecular formula is C28H34FN7O3. The second-order valence-electron chi connectivity index (χ2n) is 9.60. The third-order valence-corrected chi connectivity index (χ3v) is 6.60. The summed E-state index contributed by atoms with van der Waals surface area (Å²) in [6.07, 6.45) is 6.00. The fourth-order valence-electron chi connectivity index (χ4n) is 4.57. The van der Waals surface area contributed by atoms with Crippen LogP contribution in [0.2, 0.25) is 0 Å². The number of alkyl carbamates (subject to hydrolysis) is 1. The van der Waals surface area contributed by atoms with Gasteiger partial charge in [-0.25, -0.2) is 14.8 Å². The van der Waals surface area contributed by atoms with E-state index in [2.05, 4.69) is 36.4 Å². The molecule has 0 aliphatic heterocycles. The van der Waals surface area contributed by atoms with Crippen LogP contribution in [0.5, 0.6) is 0 Å². The van der Waals surface area contributed by atoms with Gasteiger partial charge < -0.3 is 15.4 Å². The summed E-state index contributed by atoms with van der Waals surface area (Å²) < 4.78 is 20.4. The first-order chi connectivity index (χ1) is 19.0. The number of carbonyl (C=O) groups is 2. The number of hydrazine groups is 1. The van der Waals surface area contributed by atoms with E-state index >= 15 is 4.39 Å². The number of benzene rings is 1. The third kappa shape index (κ3) is 8.62. The molecule has 3 aromatic rings. The largest absolute Gasteiger partial charge is 0.445 e. The number of anilines is 2. The molecular weight excluding hydrogens is 501 g/mol. The second-order valence-corrected chi connectivity index (χ2v) is 9.60. The minimum atomic E-state index is -0.730. The van der Waals surface area contributed by atoms with E-state index in [9.17, 15) is 9.59 Å². The van der Waals surface area contributed by atoms with Gasteiger partial charge in [0.05, 0.1) is 18.2 Å². The van der Waals surface area contributed by atoms with Crippen molar-refractivity contribution >= 4 is 23.6 Å². The first-order valence-corrected chi connectivity index (χ1v) is 13.2. The van der Waals surface area contributed by atoms with Crippen LogP contribution in [0.15, 0.2) is 54.7 Å². The van der Waals surface area contributed by atoms with Crippen molar-refractivity contribution in [3.05, 3.63) is 77.6 Å². The van der Waals surface area contributed by atoms with Crippen molar-refractivity contribution in [1.29, 1.82) is 0 Å². The van der Waals surface area contributed by atoms with Crippen LogP contribution in [0, 0.1) is 24.6 Å². The Labute approximate surface area is 227 Å². The number of hydrogen-bond acceptors (Lipinski definition) is 8. The van der Waals surface area contributed by atoms with Gasteiger partial charge in [0.1, 0.15) is 12.4 Å². The number of aryl methyl sites for hydroxylation is 1. The summed E-state index contributed by atoms with van der Waals surface area (Å²) >= 11 is 0. The first kappa shape index (κ1) is 27.7. The normalized spacial score (nSPS) is 13.9. The highest BCUT2D eigenvalue weighted by atomic mass is 19.1. The van der Waals surface area contributed by atoms with Crippen LogP contribution in [0.1, 0.15) is 49.2 Å². The maximum Gasteiger partial charge on any atom is 0.407 e. The molecule has 1 fully saturated rings. The fourth-order valence-corrected chi connectivity index (χ4v) is 4.57. The predicted molar refractivity (Wildman–Crippen MR) is 145 cm³/mol. The molecule has 10 nitrogen and oxygen atoms in total. The maximum atomic E-state index is 15.1. The molecule has 1 aliphatic carbocycles. The molecule has 1 aromatic carbocycles. The van der Waals surface area contributed by atoms with E-state index in [0.717, 1.165) is 36.9 Å². The average molecular weight is 536 g/mol. The van der Waals surface area contributed by atoms with Gasteiger partial charge >= 0.3 is 6.09 Å². The van der Waals surface area contributed by atoms with Gasteiger partial charge in [0, 0.05) is 12.7 Å². The molecule has 0 radical (unpaired) electrons. The summed E-state index contributed by atoms with van der Waals surface area (Å²) in [5.74, 6) is -1.08. The van der Waals surface area contributed by atoms with Crippen LogP contribution in [-0.4, -0.2) is 33.5 Å². The topological polar surface area (TPSA) is 130 Å². The van der Waals surface area contributed by atoms with E-state index in [-0.39, 0.29) is 37.2 Å². The van der Waals surface area contributed by atoms with Crippen molar-refractivity contribution < 1.29 is 18.7 Å². The van der Waals surface area contributed by atoms with Crippen LogP contribution < -0.4 is 21.5 Å². The van der Waals surface area contributed by atoms with Crippen molar-refractivity contribution in [1.82, 2.24) is 25.7 Å². The number of aromatic nitrogens is 3. The monoisotopic (exact) mass is 535 g/mol. The molecule has 0 spiro atoms. The number of ether oxygens (including phenoxy) is 1. The highest BCUT2D eigenvalue weighted by Gasteiger charge is 2.26. The summed E-state index contributed by atoms with van der Waals surface area (Å²) in [4.78, 5) is 37.8. The van der Waals surface area contributed by atoms with Gasteiger partial charge in [-0.15, -0.1) is 0 Å². The first-order valence-electron chi connectivity index (χ1n) is 13.2. The smallest absolute Gasteiger partial charge is 0.407 e. The molecule has 0 unspecified atom stereocenters. The molecule has 1 aliphatic rings. The Bertz CT molecular complexity index is 1220. The van der Waals surface area contributed by atoms with Gasteiger partial charge in [0.25, 0.3) is 0 Å². The second kappa shape index (κ2) is 14.0. The van der Waals surface area contributed by atoms with Gasteiger partial charge in [0.2, 0.25) is 11.7 Å². The molecule has 206 valence electrons. The van der Waals surface area contributed by atoms with E-state index in [4.69, 9.17) is 4.74 Å². The maximum absolute atomic E-state index is 15.1. The Hall–Kier alpha value is -4.28. The Kier molecular flexibility index (Phi) is 9.98. The van der Waals surface area contributed by atoms with Crippen LogP contribution in [0.25, 0.3) is 0 Å². The van der Waals surface area contributed by atoms with Gasteiger partial charge in [-0.05, 0) is 37.0 Å². The van der Waals surface area contributed by atoms with Crippen LogP contribution >= 0.6 is 0 Å². The Morgan fingerprint density at radius 2 is 1.79 bits per heavy atom. The molecule has 0 saturated heterocycles. The lowest BCUT2D eigenvalue weighted by atomic mass is 9.92. The highest BCUT2D eigenvalue weighted by molar-refractivity contribution is 5.80. The van der Waals surface area contributed by atoms with E-state index in [1.54, 1.807) is 19.2 Å². The average Bonchev–Trinajstić information content (AvgIpc) is 3.48. The fraction of sp³-hybridized carbons (Fsp3) is 0.393. The quantitative estimate of drug-likeness (QED) is 0.250. The van der Waals surface area contributed by atoms with Crippen molar-refractivity contribution in [3.63, 3.8) is 0 Å². The van der Waals surface area contributed by atoms with Crippen LogP contribution in [0.3, 0.4) is 0 Å². The molecule has 39 heavy (non-hydrogen) atoms. The minimum absolute atomic E-state index is 0.00441. The van der Waals surface area contributed by atoms with Crippen LogP contribution in [0.4, 0.5) is 20.8 Å². The molecule has 2 aromatic heterocycles. The zero-order valence-corrected chi connectivity index (χ0v) is 22.0. The summed E-state index contributed by atoms with van der Waals surface area (Å²) in [5, 5.41) is 5.63. The van der Waals surface area contributed by atoms with Crippen molar-refractivity contribution in [3.8, 4) is 0 Å². The van der Waals surface area contributed by atoms with Gasteiger partial charge in [-0.1, -0.05) is 62.1 Å². The van der Waals surface area contributed by atoms with Gasteiger partial charge in [-0.3, -0.25) is 20.6 Å². The highest BCUT2D eigenvalue weighted by Crippen LogP contribution is 2.30. The summed E-state index contributed by atoms with van der Waals surface area (Å²) in [6.45, 7) is 2.14. The SMILES string of the molecule is Cc1nc(NCc2ccccn2)c(F)c(NNC(=O)[C@@H](CNC(=O)OCc2ccccc2)CC2CCCC2)n1. The van der Waals surface area contributed by atoms with E-state index in [1.165, 1.54) is 0 Å². The Balaban J connectivity index is 1.34. The number of amides is 2. The van der Waals surface area contributed by atoms with Crippen molar-refractivity contribution in [2.75, 3.05) is 17.3 Å². The lowest BCUT2D eigenvalue weighted by Crippen LogP contribution is -2.42. The zero-order valence-electron chi connectivity index (χ0n) is 22.0. The van der Waals surface area contributed by atoms with Gasteiger partial charge in [0.15, 0.2) is 11.6 Å². The molecule has 11 heteroatoms. The number of halogens is 1. The molecule has 4 N–H and O–H groups in total.